The number of likely N-dealkylation sites (tertiary alicyclic amines) is 1. The van der Waals surface area contributed by atoms with Crippen LogP contribution in [0.15, 0.2) is 30.7 Å². The fourth-order valence-corrected chi connectivity index (χ4v) is 3.44. The van der Waals surface area contributed by atoms with Crippen molar-refractivity contribution < 1.29 is 9.90 Å². The van der Waals surface area contributed by atoms with Gasteiger partial charge in [-0.05, 0) is 24.8 Å². The summed E-state index contributed by atoms with van der Waals surface area (Å²) in [6, 6.07) is 2.65. The molecule has 2 heterocycles. The van der Waals surface area contributed by atoms with E-state index < -0.39 is 0 Å². The lowest BCUT2D eigenvalue weighted by Gasteiger charge is -2.35. The monoisotopic (exact) mass is 380 g/mol. The van der Waals surface area contributed by atoms with Crippen molar-refractivity contribution in [2.45, 2.75) is 18.9 Å². The van der Waals surface area contributed by atoms with Crippen LogP contribution in [0, 0.1) is 5.92 Å². The Labute approximate surface area is 155 Å². The van der Waals surface area contributed by atoms with E-state index >= 15 is 0 Å². The molecule has 1 fully saturated rings. The van der Waals surface area contributed by atoms with E-state index in [0.717, 1.165) is 12.8 Å². The molecule has 0 bridgehead atoms. The van der Waals surface area contributed by atoms with Gasteiger partial charge >= 0.3 is 0 Å². The first-order valence-corrected chi connectivity index (χ1v) is 8.71. The zero-order valence-electron chi connectivity index (χ0n) is 13.4. The predicted octanol–water partition coefficient (Wildman–Crippen LogP) is 3.04. The van der Waals surface area contributed by atoms with Crippen LogP contribution in [0.2, 0.25) is 10.0 Å². The van der Waals surface area contributed by atoms with Gasteiger partial charge in [-0.1, -0.05) is 23.2 Å². The Hall–Kier alpha value is -1.89. The zero-order chi connectivity index (χ0) is 18.0. The molecule has 25 heavy (non-hydrogen) atoms. The van der Waals surface area contributed by atoms with Gasteiger partial charge in [-0.25, -0.2) is 4.98 Å². The number of amides is 1. The van der Waals surface area contributed by atoms with Crippen LogP contribution >= 0.6 is 23.2 Å². The molecule has 0 unspecified atom stereocenters. The van der Waals surface area contributed by atoms with E-state index in [0.29, 0.717) is 34.4 Å². The van der Waals surface area contributed by atoms with Crippen LogP contribution in [0.5, 0.6) is 5.75 Å². The van der Waals surface area contributed by atoms with Gasteiger partial charge in [-0.2, -0.15) is 0 Å². The lowest BCUT2D eigenvalue weighted by Crippen LogP contribution is -2.41. The van der Waals surface area contributed by atoms with Crippen molar-refractivity contribution >= 4 is 29.1 Å². The third-order valence-electron chi connectivity index (χ3n) is 4.55. The van der Waals surface area contributed by atoms with Gasteiger partial charge in [-0.3, -0.25) is 9.78 Å². The molecule has 0 aliphatic carbocycles. The summed E-state index contributed by atoms with van der Waals surface area (Å²) in [7, 11) is 0. The normalized spacial score (nSPS) is 16.7. The van der Waals surface area contributed by atoms with Crippen LogP contribution < -0.4 is 5.73 Å². The third kappa shape index (κ3) is 3.86. The number of hydrogen-bond donors (Lipinski definition) is 2. The summed E-state index contributed by atoms with van der Waals surface area (Å²) in [5, 5.41) is 10.8. The molecule has 1 aliphatic rings. The molecule has 1 saturated heterocycles. The second kappa shape index (κ2) is 7.56. The second-order valence-electron chi connectivity index (χ2n) is 6.07. The maximum absolute atomic E-state index is 12.4. The number of nitrogens with two attached hydrogens (primary N) is 1. The first kappa shape index (κ1) is 17.9. The molecule has 8 heteroatoms. The number of benzene rings is 1. The minimum Gasteiger partial charge on any atom is -0.508 e. The van der Waals surface area contributed by atoms with E-state index in [4.69, 9.17) is 28.9 Å². The van der Waals surface area contributed by atoms with Gasteiger partial charge in [0.05, 0.1) is 16.2 Å². The number of aromatic hydroxyl groups is 1. The molecular weight excluding hydrogens is 363 g/mol. The van der Waals surface area contributed by atoms with E-state index in [2.05, 4.69) is 9.97 Å². The molecule has 1 atom stereocenters. The highest BCUT2D eigenvalue weighted by Gasteiger charge is 2.29. The maximum atomic E-state index is 12.4. The summed E-state index contributed by atoms with van der Waals surface area (Å²) in [6.45, 7) is 1.16. The molecule has 0 radical (unpaired) electrons. The molecule has 0 spiro atoms. The van der Waals surface area contributed by atoms with E-state index in [1.54, 1.807) is 11.0 Å². The highest BCUT2D eigenvalue weighted by Crippen LogP contribution is 2.37. The highest BCUT2D eigenvalue weighted by molar-refractivity contribution is 6.42. The molecule has 132 valence electrons. The number of phenolic OH excluding ortho intramolecular Hbond substituents is 1. The summed E-state index contributed by atoms with van der Waals surface area (Å²) in [5.74, 6) is 0.0477. The summed E-state index contributed by atoms with van der Waals surface area (Å²) in [5.41, 5.74) is 7.25. The van der Waals surface area contributed by atoms with Crippen molar-refractivity contribution in [1.82, 2.24) is 14.9 Å². The molecule has 3 N–H and O–H groups in total. The number of phenols is 1. The van der Waals surface area contributed by atoms with E-state index in [9.17, 15) is 9.90 Å². The Kier molecular flexibility index (Phi) is 5.42. The highest BCUT2D eigenvalue weighted by atomic mass is 35.5. The van der Waals surface area contributed by atoms with Crippen molar-refractivity contribution in [3.8, 4) is 5.75 Å². The zero-order valence-corrected chi connectivity index (χ0v) is 14.9. The largest absolute Gasteiger partial charge is 0.508 e. The topological polar surface area (TPSA) is 92.3 Å². The standard InChI is InChI=1S/C17H18Cl2N4O2/c18-12-7-11(15(24)8-13(12)19)16(20)10-1-5-23(6-2-10)17(25)14-9-21-3-4-22-14/h3-4,7-10,16,24H,1-2,5-6,20H2/t16-/m1/s1. The average Bonchev–Trinajstić information content (AvgIpc) is 2.64. The molecule has 0 saturated carbocycles. The third-order valence-corrected chi connectivity index (χ3v) is 5.27. The Morgan fingerprint density at radius 1 is 1.24 bits per heavy atom. The van der Waals surface area contributed by atoms with Crippen molar-refractivity contribution in [2.75, 3.05) is 13.1 Å². The van der Waals surface area contributed by atoms with Crippen molar-refractivity contribution in [2.24, 2.45) is 11.7 Å². The summed E-state index contributed by atoms with van der Waals surface area (Å²) in [4.78, 5) is 22.1. The quantitative estimate of drug-likeness (QED) is 0.853. The maximum Gasteiger partial charge on any atom is 0.274 e. The number of rotatable bonds is 3. The van der Waals surface area contributed by atoms with Crippen LogP contribution in [-0.4, -0.2) is 39.0 Å². The number of nitrogens with zero attached hydrogens (tertiary/aromatic N) is 3. The van der Waals surface area contributed by atoms with Crippen molar-refractivity contribution in [1.29, 1.82) is 0 Å². The summed E-state index contributed by atoms with van der Waals surface area (Å²) >= 11 is 11.9. The van der Waals surface area contributed by atoms with Crippen LogP contribution in [0.3, 0.4) is 0 Å². The Morgan fingerprint density at radius 3 is 2.56 bits per heavy atom. The Balaban J connectivity index is 1.66. The molecule has 1 aromatic carbocycles. The van der Waals surface area contributed by atoms with E-state index in [1.807, 2.05) is 0 Å². The smallest absolute Gasteiger partial charge is 0.274 e. The lowest BCUT2D eigenvalue weighted by molar-refractivity contribution is 0.0671. The van der Waals surface area contributed by atoms with Gasteiger partial charge in [0.15, 0.2) is 0 Å². The van der Waals surface area contributed by atoms with E-state index in [-0.39, 0.29) is 23.6 Å². The Morgan fingerprint density at radius 2 is 1.92 bits per heavy atom. The summed E-state index contributed by atoms with van der Waals surface area (Å²) < 4.78 is 0. The first-order chi connectivity index (χ1) is 12.0. The predicted molar refractivity (Wildman–Crippen MR) is 95.7 cm³/mol. The number of piperidine rings is 1. The van der Waals surface area contributed by atoms with Crippen molar-refractivity contribution in [3.63, 3.8) is 0 Å². The minimum absolute atomic E-state index is 0.0416. The number of aromatic nitrogens is 2. The van der Waals surface area contributed by atoms with E-state index in [1.165, 1.54) is 24.7 Å². The van der Waals surface area contributed by atoms with Gasteiger partial charge in [-0.15, -0.1) is 0 Å². The first-order valence-electron chi connectivity index (χ1n) is 7.96. The van der Waals surface area contributed by atoms with Gasteiger partial charge in [0.25, 0.3) is 5.91 Å². The summed E-state index contributed by atoms with van der Waals surface area (Å²) in [6.07, 6.45) is 5.96. The molecule has 3 rings (SSSR count). The molecular formula is C17H18Cl2N4O2. The van der Waals surface area contributed by atoms with Crippen LogP contribution in [0.4, 0.5) is 0 Å². The number of hydrogen-bond acceptors (Lipinski definition) is 5. The fourth-order valence-electron chi connectivity index (χ4n) is 3.11. The van der Waals surface area contributed by atoms with Gasteiger partial charge in [0.2, 0.25) is 0 Å². The fraction of sp³-hybridized carbons (Fsp3) is 0.353. The number of carbonyl (C=O) groups excluding carboxylic acids is 1. The van der Waals surface area contributed by atoms with Crippen molar-refractivity contribution in [3.05, 3.63) is 52.0 Å². The lowest BCUT2D eigenvalue weighted by atomic mass is 9.85. The van der Waals surface area contributed by atoms with Gasteiger partial charge in [0, 0.05) is 43.2 Å². The molecule has 6 nitrogen and oxygen atoms in total. The minimum atomic E-state index is -0.372. The molecule has 1 amide bonds. The van der Waals surface area contributed by atoms with Crippen LogP contribution in [0.25, 0.3) is 0 Å². The van der Waals surface area contributed by atoms with Gasteiger partial charge < -0.3 is 15.7 Å². The van der Waals surface area contributed by atoms with Crippen LogP contribution in [0.1, 0.15) is 34.9 Å². The SMILES string of the molecule is N[C@@H](c1cc(Cl)c(Cl)cc1O)C1CCN(C(=O)c2cnccn2)CC1. The second-order valence-corrected chi connectivity index (χ2v) is 6.89. The average molecular weight is 381 g/mol. The van der Waals surface area contributed by atoms with Crippen LogP contribution in [-0.2, 0) is 0 Å². The molecule has 1 aromatic heterocycles. The molecule has 2 aromatic rings. The number of halogens is 2. The van der Waals surface area contributed by atoms with Gasteiger partial charge in [0.1, 0.15) is 11.4 Å². The Bertz CT molecular complexity index is 765. The number of carbonyl (C=O) groups is 1. The molecule has 1 aliphatic heterocycles.